The molecule has 11 heteroatoms. The molecule has 2 amide bonds. The van der Waals surface area contributed by atoms with Gasteiger partial charge in [-0.15, -0.1) is 0 Å². The van der Waals surface area contributed by atoms with Crippen LogP contribution in [-0.4, -0.2) is 55.5 Å². The number of rotatable bonds is 8. The Bertz CT molecular complexity index is 1100. The largest absolute Gasteiger partial charge is 0.477 e. The van der Waals surface area contributed by atoms with E-state index in [1.54, 1.807) is 11.8 Å². The maximum absolute atomic E-state index is 12.1. The molecule has 3 heterocycles. The fourth-order valence-electron chi connectivity index (χ4n) is 3.04. The van der Waals surface area contributed by atoms with Gasteiger partial charge in [-0.25, -0.2) is 19.7 Å². The normalized spacial score (nSPS) is 15.3. The number of nitrogens with zero attached hydrogens (tertiary/aromatic N) is 4. The van der Waals surface area contributed by atoms with Gasteiger partial charge in [0.25, 0.3) is 0 Å². The minimum Gasteiger partial charge on any atom is -0.477 e. The highest BCUT2D eigenvalue weighted by molar-refractivity contribution is 14.1. The number of halogens is 1. The molecule has 1 aliphatic rings. The van der Waals surface area contributed by atoms with Gasteiger partial charge in [-0.3, -0.25) is 10.3 Å². The van der Waals surface area contributed by atoms with E-state index in [9.17, 15) is 4.79 Å². The Labute approximate surface area is 203 Å². The average Bonchev–Trinajstić information content (AvgIpc) is 3.25. The number of carbonyl (C=O) groups excluding carboxylic acids is 1. The number of pyridine rings is 1. The van der Waals surface area contributed by atoms with Gasteiger partial charge in [0.05, 0.1) is 18.7 Å². The van der Waals surface area contributed by atoms with Gasteiger partial charge in [0, 0.05) is 28.0 Å². The van der Waals surface area contributed by atoms with E-state index >= 15 is 0 Å². The van der Waals surface area contributed by atoms with E-state index in [2.05, 4.69) is 58.5 Å². The number of fused-ring (bicyclic) bond motifs is 1. The van der Waals surface area contributed by atoms with Crippen molar-refractivity contribution in [1.82, 2.24) is 20.3 Å². The number of thioether (sulfide) groups is 1. The number of hydrogen-bond acceptors (Lipinski definition) is 8. The van der Waals surface area contributed by atoms with Crippen LogP contribution in [0.25, 0.3) is 11.0 Å². The number of para-hydroxylation sites is 1. The molecule has 32 heavy (non-hydrogen) atoms. The van der Waals surface area contributed by atoms with Crippen LogP contribution in [-0.2, 0) is 0 Å². The number of benzene rings is 1. The Balaban J connectivity index is 1.25. The van der Waals surface area contributed by atoms with E-state index in [1.807, 2.05) is 42.5 Å². The first kappa shape index (κ1) is 22.5. The van der Waals surface area contributed by atoms with Crippen LogP contribution in [0, 0.1) is 0 Å². The van der Waals surface area contributed by atoms with Crippen LogP contribution in [0.4, 0.5) is 16.3 Å². The lowest BCUT2D eigenvalue weighted by molar-refractivity contribution is 0.256. The Kier molecular flexibility index (Phi) is 7.93. The highest BCUT2D eigenvalue weighted by Gasteiger charge is 2.21. The molecular weight excluding hydrogens is 541 g/mol. The monoisotopic (exact) mass is 563 g/mol. The van der Waals surface area contributed by atoms with Crippen molar-refractivity contribution in [2.75, 3.05) is 34.8 Å². The summed E-state index contributed by atoms with van der Waals surface area (Å²) in [6.07, 6.45) is 2.38. The number of aliphatic imine (C=N–C) groups is 1. The lowest BCUT2D eigenvalue weighted by Gasteiger charge is -2.12. The maximum atomic E-state index is 12.1. The molecule has 1 unspecified atom stereocenters. The molecule has 0 radical (unpaired) electrons. The second-order valence-electron chi connectivity index (χ2n) is 6.82. The summed E-state index contributed by atoms with van der Waals surface area (Å²) in [7, 11) is 0. The molecule has 3 aromatic rings. The molecule has 1 atom stereocenters. The SMILES string of the molecule is O=C(NC1=NCC(CCNc2ncnc3ccc(OCCI)nc23)S1)Nc1ccccc1. The van der Waals surface area contributed by atoms with E-state index in [0.29, 0.717) is 42.1 Å². The molecule has 2 aromatic heterocycles. The van der Waals surface area contributed by atoms with Crippen molar-refractivity contribution in [1.29, 1.82) is 0 Å². The van der Waals surface area contributed by atoms with Gasteiger partial charge in [0.2, 0.25) is 5.88 Å². The van der Waals surface area contributed by atoms with Crippen molar-refractivity contribution in [3.05, 3.63) is 48.8 Å². The predicted molar refractivity (Wildman–Crippen MR) is 137 cm³/mol. The van der Waals surface area contributed by atoms with Crippen molar-refractivity contribution in [2.24, 2.45) is 4.99 Å². The van der Waals surface area contributed by atoms with Crippen molar-refractivity contribution < 1.29 is 9.53 Å². The molecule has 3 N–H and O–H groups in total. The topological polar surface area (TPSA) is 113 Å². The molecule has 1 aliphatic heterocycles. The van der Waals surface area contributed by atoms with Crippen LogP contribution in [0.3, 0.4) is 0 Å². The fourth-order valence-corrected chi connectivity index (χ4v) is 4.27. The smallest absolute Gasteiger partial charge is 0.325 e. The zero-order valence-electron chi connectivity index (χ0n) is 17.1. The number of amides is 2. The third-order valence-corrected chi connectivity index (χ3v) is 6.12. The first-order valence-electron chi connectivity index (χ1n) is 10.1. The number of ether oxygens (including phenoxy) is 1. The van der Waals surface area contributed by atoms with Crippen molar-refractivity contribution >= 4 is 68.1 Å². The van der Waals surface area contributed by atoms with Gasteiger partial charge in [-0.05, 0) is 24.6 Å². The summed E-state index contributed by atoms with van der Waals surface area (Å²) in [5.74, 6) is 1.25. The number of carbonyl (C=O) groups is 1. The van der Waals surface area contributed by atoms with Gasteiger partial charge >= 0.3 is 6.03 Å². The van der Waals surface area contributed by atoms with Gasteiger partial charge in [0.1, 0.15) is 11.8 Å². The van der Waals surface area contributed by atoms with Crippen LogP contribution in [0.2, 0.25) is 0 Å². The highest BCUT2D eigenvalue weighted by atomic mass is 127. The summed E-state index contributed by atoms with van der Waals surface area (Å²) in [6, 6.07) is 12.7. The van der Waals surface area contributed by atoms with Crippen LogP contribution < -0.4 is 20.7 Å². The number of anilines is 2. The van der Waals surface area contributed by atoms with Gasteiger partial charge in [-0.1, -0.05) is 52.6 Å². The zero-order chi connectivity index (χ0) is 22.2. The van der Waals surface area contributed by atoms with Crippen LogP contribution in [0.1, 0.15) is 6.42 Å². The predicted octanol–water partition coefficient (Wildman–Crippen LogP) is 3.93. The summed E-state index contributed by atoms with van der Waals surface area (Å²) in [5, 5.41) is 9.87. The number of nitrogens with one attached hydrogen (secondary N) is 3. The molecule has 0 saturated carbocycles. The van der Waals surface area contributed by atoms with Crippen molar-refractivity contribution in [3.8, 4) is 5.88 Å². The molecule has 0 saturated heterocycles. The molecule has 9 nitrogen and oxygen atoms in total. The lowest BCUT2D eigenvalue weighted by atomic mass is 10.3. The zero-order valence-corrected chi connectivity index (χ0v) is 20.1. The second kappa shape index (κ2) is 11.3. The number of alkyl halides is 1. The molecule has 0 fully saturated rings. The minimum atomic E-state index is -0.291. The quantitative estimate of drug-likeness (QED) is 0.281. The second-order valence-corrected chi connectivity index (χ2v) is 9.19. The fraction of sp³-hybridized carbons (Fsp3) is 0.286. The average molecular weight is 563 g/mol. The molecular formula is C21H22IN7O2S. The number of urea groups is 1. The Morgan fingerprint density at radius 3 is 2.88 bits per heavy atom. The van der Waals surface area contributed by atoms with E-state index in [1.165, 1.54) is 6.33 Å². The molecule has 4 rings (SSSR count). The van der Waals surface area contributed by atoms with E-state index in [4.69, 9.17) is 4.74 Å². The molecule has 0 spiro atoms. The van der Waals surface area contributed by atoms with Crippen molar-refractivity contribution in [3.63, 3.8) is 0 Å². The van der Waals surface area contributed by atoms with E-state index < -0.39 is 0 Å². The first-order valence-corrected chi connectivity index (χ1v) is 12.5. The molecule has 1 aromatic carbocycles. The summed E-state index contributed by atoms with van der Waals surface area (Å²) in [6.45, 7) is 1.96. The first-order chi connectivity index (χ1) is 15.7. The number of hydrogen-bond donors (Lipinski definition) is 3. The molecule has 0 bridgehead atoms. The third-order valence-electron chi connectivity index (χ3n) is 4.51. The van der Waals surface area contributed by atoms with Crippen LogP contribution in [0.15, 0.2) is 53.8 Å². The van der Waals surface area contributed by atoms with E-state index in [0.717, 1.165) is 22.1 Å². The molecule has 166 valence electrons. The maximum Gasteiger partial charge on any atom is 0.325 e. The third kappa shape index (κ3) is 6.19. The van der Waals surface area contributed by atoms with Crippen molar-refractivity contribution in [2.45, 2.75) is 11.7 Å². The lowest BCUT2D eigenvalue weighted by Crippen LogP contribution is -2.32. The van der Waals surface area contributed by atoms with Gasteiger partial charge < -0.3 is 15.4 Å². The van der Waals surface area contributed by atoms with E-state index in [-0.39, 0.29) is 11.3 Å². The summed E-state index contributed by atoms with van der Waals surface area (Å²) in [4.78, 5) is 29.7. The Hall–Kier alpha value is -2.67. The number of amidine groups is 1. The molecule has 0 aliphatic carbocycles. The van der Waals surface area contributed by atoms with Gasteiger partial charge in [-0.2, -0.15) is 0 Å². The minimum absolute atomic E-state index is 0.276. The van der Waals surface area contributed by atoms with Crippen LogP contribution in [0.5, 0.6) is 5.88 Å². The standard InChI is InChI=1S/C21H22IN7O2S/c22-9-11-31-17-7-6-16-18(28-17)19(26-13-25-16)23-10-8-15-12-24-21(32-15)29-20(30)27-14-4-2-1-3-5-14/h1-7,13,15H,8-12H2,(H,23,25,26)(H2,24,27,29,30). The Morgan fingerprint density at radius 2 is 2.03 bits per heavy atom. The van der Waals surface area contributed by atoms with Crippen LogP contribution >= 0.6 is 34.4 Å². The Morgan fingerprint density at radius 1 is 1.16 bits per heavy atom. The number of aromatic nitrogens is 3. The summed E-state index contributed by atoms with van der Waals surface area (Å²) < 4.78 is 6.51. The summed E-state index contributed by atoms with van der Waals surface area (Å²) in [5.41, 5.74) is 2.19. The highest BCUT2D eigenvalue weighted by Crippen LogP contribution is 2.24. The summed E-state index contributed by atoms with van der Waals surface area (Å²) >= 11 is 3.83. The van der Waals surface area contributed by atoms with Gasteiger partial charge in [0.15, 0.2) is 11.0 Å².